The zero-order valence-electron chi connectivity index (χ0n) is 6.52. The SMILES string of the molecule is CCC1[C]N(CC(F)(F)F)[C]=N1. The summed E-state index contributed by atoms with van der Waals surface area (Å²) in [6.45, 7) is 3.32. The van der Waals surface area contributed by atoms with Crippen LogP contribution in [0.1, 0.15) is 13.3 Å². The smallest absolute Gasteiger partial charge is 0.332 e. The highest BCUT2D eigenvalue weighted by Crippen LogP contribution is 2.20. The average Bonchev–Trinajstić information content (AvgIpc) is 2.32. The summed E-state index contributed by atoms with van der Waals surface area (Å²) < 4.78 is 35.3. The summed E-state index contributed by atoms with van der Waals surface area (Å²) in [6.07, 6.45) is -1.31. The number of rotatable bonds is 2. The Hall–Kier alpha value is -0.740. The molecule has 1 heterocycles. The summed E-state index contributed by atoms with van der Waals surface area (Å²) in [5, 5.41) is 0. The summed E-state index contributed by atoms with van der Waals surface area (Å²) in [5.41, 5.74) is 0. The van der Waals surface area contributed by atoms with Gasteiger partial charge in [0, 0.05) is 0 Å². The predicted octanol–water partition coefficient (Wildman–Crippen LogP) is 1.59. The van der Waals surface area contributed by atoms with Crippen LogP contribution in [0.2, 0.25) is 0 Å². The maximum Gasteiger partial charge on any atom is 0.406 e. The minimum Gasteiger partial charge on any atom is -0.332 e. The minimum absolute atomic E-state index is 0.257. The van der Waals surface area contributed by atoms with Gasteiger partial charge in [-0.05, 0) is 6.42 Å². The molecule has 0 spiro atoms. The van der Waals surface area contributed by atoms with E-state index in [0.717, 1.165) is 4.90 Å². The van der Waals surface area contributed by atoms with Crippen molar-refractivity contribution >= 4 is 6.34 Å². The van der Waals surface area contributed by atoms with Crippen LogP contribution in [-0.2, 0) is 0 Å². The molecule has 1 atom stereocenters. The van der Waals surface area contributed by atoms with Gasteiger partial charge in [0.2, 0.25) is 0 Å². The number of alkyl halides is 3. The third-order valence-corrected chi connectivity index (χ3v) is 1.36. The lowest BCUT2D eigenvalue weighted by Crippen LogP contribution is -2.30. The number of nitrogens with zero attached hydrogens (tertiary/aromatic N) is 2. The van der Waals surface area contributed by atoms with E-state index in [0.29, 0.717) is 6.42 Å². The van der Waals surface area contributed by atoms with Crippen LogP contribution < -0.4 is 0 Å². The Morgan fingerprint density at radius 2 is 2.17 bits per heavy atom. The topological polar surface area (TPSA) is 15.6 Å². The summed E-state index contributed by atoms with van der Waals surface area (Å²) in [5.74, 6) is 0. The van der Waals surface area contributed by atoms with Crippen molar-refractivity contribution in [3.8, 4) is 0 Å². The van der Waals surface area contributed by atoms with Crippen molar-refractivity contribution in [2.75, 3.05) is 6.54 Å². The fourth-order valence-corrected chi connectivity index (χ4v) is 0.820. The Kier molecular flexibility index (Phi) is 2.59. The van der Waals surface area contributed by atoms with Crippen molar-refractivity contribution < 1.29 is 13.2 Å². The monoisotopic (exact) mass is 177 g/mol. The Bertz CT molecular complexity index is 176. The molecule has 3 radical (unpaired) electrons. The molecule has 0 saturated heterocycles. The first-order chi connectivity index (χ1) is 5.51. The van der Waals surface area contributed by atoms with Gasteiger partial charge in [0.05, 0.1) is 6.04 Å². The zero-order valence-corrected chi connectivity index (χ0v) is 6.52. The molecule has 0 aromatic rings. The fraction of sp³-hybridized carbons (Fsp3) is 0.714. The molecule has 2 nitrogen and oxygen atoms in total. The summed E-state index contributed by atoms with van der Waals surface area (Å²) in [7, 11) is 0. The van der Waals surface area contributed by atoms with Gasteiger partial charge in [-0.3, -0.25) is 4.99 Å². The first-order valence-corrected chi connectivity index (χ1v) is 3.57. The minimum atomic E-state index is -4.21. The highest BCUT2D eigenvalue weighted by atomic mass is 19.4. The van der Waals surface area contributed by atoms with E-state index >= 15 is 0 Å². The van der Waals surface area contributed by atoms with E-state index in [1.807, 2.05) is 6.92 Å². The van der Waals surface area contributed by atoms with E-state index in [4.69, 9.17) is 0 Å². The summed E-state index contributed by atoms with van der Waals surface area (Å²) in [6, 6.07) is -0.257. The van der Waals surface area contributed by atoms with Crippen LogP contribution in [0, 0.1) is 6.54 Å². The molecule has 0 saturated carbocycles. The highest BCUT2D eigenvalue weighted by Gasteiger charge is 2.33. The quantitative estimate of drug-likeness (QED) is 0.625. The van der Waals surface area contributed by atoms with Gasteiger partial charge in [0.1, 0.15) is 13.1 Å². The molecule has 1 aliphatic heterocycles. The van der Waals surface area contributed by atoms with Crippen molar-refractivity contribution in [1.29, 1.82) is 0 Å². The lowest BCUT2D eigenvalue weighted by Gasteiger charge is -2.15. The lowest BCUT2D eigenvalue weighted by molar-refractivity contribution is -0.134. The van der Waals surface area contributed by atoms with Gasteiger partial charge in [-0.1, -0.05) is 6.92 Å². The average molecular weight is 177 g/mol. The summed E-state index contributed by atoms with van der Waals surface area (Å²) in [4.78, 5) is 4.51. The van der Waals surface area contributed by atoms with Crippen molar-refractivity contribution in [3.63, 3.8) is 0 Å². The van der Waals surface area contributed by atoms with Gasteiger partial charge < -0.3 is 4.90 Å². The first kappa shape index (κ1) is 9.35. The van der Waals surface area contributed by atoms with Crippen LogP contribution in [-0.4, -0.2) is 30.0 Å². The Labute approximate surface area is 69.1 Å². The number of halogens is 3. The molecule has 0 bridgehead atoms. The van der Waals surface area contributed by atoms with E-state index < -0.39 is 12.7 Å². The predicted molar refractivity (Wildman–Crippen MR) is 37.5 cm³/mol. The molecule has 0 aromatic carbocycles. The molecule has 67 valence electrons. The molecule has 1 rings (SSSR count). The number of aliphatic imine (C=N–C) groups is 1. The van der Waals surface area contributed by atoms with Crippen LogP contribution in [0.25, 0.3) is 0 Å². The molecule has 0 aliphatic carbocycles. The van der Waals surface area contributed by atoms with Gasteiger partial charge >= 0.3 is 6.18 Å². The second kappa shape index (κ2) is 3.33. The van der Waals surface area contributed by atoms with Gasteiger partial charge in [0.25, 0.3) is 0 Å². The van der Waals surface area contributed by atoms with Crippen LogP contribution >= 0.6 is 0 Å². The highest BCUT2D eigenvalue weighted by molar-refractivity contribution is 5.59. The van der Waals surface area contributed by atoms with Crippen LogP contribution in [0.5, 0.6) is 0 Å². The molecule has 1 aliphatic rings. The number of hydrogen-bond acceptors (Lipinski definition) is 2. The van der Waals surface area contributed by atoms with E-state index in [2.05, 4.69) is 17.9 Å². The second-order valence-corrected chi connectivity index (χ2v) is 2.48. The molecule has 0 fully saturated rings. The largest absolute Gasteiger partial charge is 0.406 e. The molecule has 12 heavy (non-hydrogen) atoms. The standard InChI is InChI=1S/C7H8F3N2/c1-2-6-3-12(5-11-6)4-7(8,9)10/h6H,2,4H2,1H3. The Balaban J connectivity index is 2.34. The van der Waals surface area contributed by atoms with Crippen molar-refractivity contribution in [2.45, 2.75) is 25.6 Å². The number of hydrogen-bond donors (Lipinski definition) is 0. The third-order valence-electron chi connectivity index (χ3n) is 1.36. The molecule has 0 aromatic heterocycles. The Morgan fingerprint density at radius 1 is 1.50 bits per heavy atom. The maximum absolute atomic E-state index is 11.8. The fourth-order valence-electron chi connectivity index (χ4n) is 0.820. The van der Waals surface area contributed by atoms with Gasteiger partial charge in [-0.15, -0.1) is 0 Å². The van der Waals surface area contributed by atoms with Crippen molar-refractivity contribution in [1.82, 2.24) is 4.90 Å². The van der Waals surface area contributed by atoms with E-state index in [-0.39, 0.29) is 6.04 Å². The van der Waals surface area contributed by atoms with Crippen LogP contribution in [0.4, 0.5) is 13.2 Å². The van der Waals surface area contributed by atoms with Crippen molar-refractivity contribution in [2.24, 2.45) is 4.99 Å². The van der Waals surface area contributed by atoms with Crippen LogP contribution in [0.15, 0.2) is 4.99 Å². The van der Waals surface area contributed by atoms with E-state index in [1.54, 1.807) is 0 Å². The lowest BCUT2D eigenvalue weighted by atomic mass is 10.2. The molecule has 1 unspecified atom stereocenters. The summed E-state index contributed by atoms with van der Waals surface area (Å²) >= 11 is 0. The molecule has 5 heteroatoms. The third kappa shape index (κ3) is 2.71. The van der Waals surface area contributed by atoms with Crippen molar-refractivity contribution in [3.05, 3.63) is 6.54 Å². The van der Waals surface area contributed by atoms with Gasteiger partial charge in [0.15, 0.2) is 6.34 Å². The van der Waals surface area contributed by atoms with Gasteiger partial charge in [-0.25, -0.2) is 0 Å². The second-order valence-electron chi connectivity index (χ2n) is 2.48. The maximum atomic E-state index is 11.8. The zero-order chi connectivity index (χ0) is 9.19. The molecular formula is C7H8F3N2. The molecular weight excluding hydrogens is 169 g/mol. The molecule has 0 amide bonds. The Morgan fingerprint density at radius 3 is 2.58 bits per heavy atom. The van der Waals surface area contributed by atoms with E-state index in [9.17, 15) is 13.2 Å². The molecule has 0 N–H and O–H groups in total. The van der Waals surface area contributed by atoms with Crippen LogP contribution in [0.3, 0.4) is 0 Å². The van der Waals surface area contributed by atoms with E-state index in [1.165, 1.54) is 0 Å². The first-order valence-electron chi connectivity index (χ1n) is 3.57. The van der Waals surface area contributed by atoms with Gasteiger partial charge in [-0.2, -0.15) is 13.2 Å². The normalized spacial score (nSPS) is 23.7.